The van der Waals surface area contributed by atoms with E-state index in [1.807, 2.05) is 12.3 Å². The molecule has 0 aliphatic carbocycles. The fraction of sp³-hybridized carbons (Fsp3) is 0.500. The third-order valence-corrected chi connectivity index (χ3v) is 3.15. The molecule has 0 saturated heterocycles. The van der Waals surface area contributed by atoms with Crippen LogP contribution >= 0.6 is 15.9 Å². The topological polar surface area (TPSA) is 64.9 Å². The largest absolute Gasteiger partial charge is 0.490 e. The average molecular weight is 354 g/mol. The minimum Gasteiger partial charge on any atom is -0.490 e. The monoisotopic (exact) mass is 353 g/mol. The van der Waals surface area contributed by atoms with E-state index >= 15 is 0 Å². The summed E-state index contributed by atoms with van der Waals surface area (Å²) in [7, 11) is 0. The molecule has 2 heterocycles. The molecule has 0 fully saturated rings. The van der Waals surface area contributed by atoms with Gasteiger partial charge in [-0.3, -0.25) is 4.98 Å². The van der Waals surface area contributed by atoms with Crippen LogP contribution in [0.3, 0.4) is 0 Å². The number of ether oxygens (including phenoxy) is 1. The molecule has 114 valence electrons. The number of aromatic nitrogens is 4. The first-order valence-electron chi connectivity index (χ1n) is 6.96. The summed E-state index contributed by atoms with van der Waals surface area (Å²) in [5.41, 5.74) is 0.944. The number of hydrogen-bond donors (Lipinski definition) is 1. The van der Waals surface area contributed by atoms with E-state index in [-0.39, 0.29) is 0 Å². The highest BCUT2D eigenvalue weighted by Crippen LogP contribution is 2.15. The molecular weight excluding hydrogens is 334 g/mol. The first-order chi connectivity index (χ1) is 10.1. The maximum atomic E-state index is 5.62. The first-order valence-corrected chi connectivity index (χ1v) is 7.76. The quantitative estimate of drug-likeness (QED) is 0.788. The third kappa shape index (κ3) is 5.81. The van der Waals surface area contributed by atoms with E-state index in [0.29, 0.717) is 19.1 Å². The Morgan fingerprint density at radius 1 is 1.38 bits per heavy atom. The van der Waals surface area contributed by atoms with Crippen LogP contribution in [0.1, 0.15) is 19.5 Å². The van der Waals surface area contributed by atoms with Gasteiger partial charge >= 0.3 is 0 Å². The normalized spacial score (nSPS) is 11.0. The van der Waals surface area contributed by atoms with Crippen molar-refractivity contribution in [1.29, 1.82) is 0 Å². The maximum absolute atomic E-state index is 5.62. The summed E-state index contributed by atoms with van der Waals surface area (Å²) < 4.78 is 8.31. The van der Waals surface area contributed by atoms with Gasteiger partial charge in [0.05, 0.1) is 18.4 Å². The highest BCUT2D eigenvalue weighted by Gasteiger charge is 2.02. The van der Waals surface area contributed by atoms with Gasteiger partial charge in [-0.25, -0.2) is 4.68 Å². The lowest BCUT2D eigenvalue weighted by molar-refractivity contribution is 0.288. The highest BCUT2D eigenvalue weighted by atomic mass is 79.9. The number of nitrogens with one attached hydrogen (secondary N) is 1. The number of rotatable bonds is 8. The molecule has 0 aromatic carbocycles. The second-order valence-corrected chi connectivity index (χ2v) is 6.10. The van der Waals surface area contributed by atoms with Crippen molar-refractivity contribution >= 4 is 15.9 Å². The van der Waals surface area contributed by atoms with Crippen molar-refractivity contribution in [1.82, 2.24) is 25.3 Å². The number of nitrogens with zero attached hydrogens (tertiary/aromatic N) is 4. The van der Waals surface area contributed by atoms with Crippen molar-refractivity contribution < 1.29 is 4.74 Å². The Morgan fingerprint density at radius 3 is 3.00 bits per heavy atom. The summed E-state index contributed by atoms with van der Waals surface area (Å²) in [6.07, 6.45) is 5.35. The Morgan fingerprint density at radius 2 is 2.24 bits per heavy atom. The van der Waals surface area contributed by atoms with Crippen molar-refractivity contribution in [2.45, 2.75) is 26.9 Å². The second-order valence-electron chi connectivity index (χ2n) is 5.19. The summed E-state index contributed by atoms with van der Waals surface area (Å²) in [6, 6.07) is 1.88. The van der Waals surface area contributed by atoms with Gasteiger partial charge in [-0.05, 0) is 34.5 Å². The van der Waals surface area contributed by atoms with Crippen LogP contribution in [-0.2, 0) is 13.1 Å². The van der Waals surface area contributed by atoms with Gasteiger partial charge in [0.2, 0.25) is 0 Å². The van der Waals surface area contributed by atoms with Gasteiger partial charge < -0.3 is 10.1 Å². The Kier molecular flexibility index (Phi) is 6.13. The molecule has 0 amide bonds. The van der Waals surface area contributed by atoms with Crippen molar-refractivity contribution in [3.05, 3.63) is 34.8 Å². The Bertz CT molecular complexity index is 558. The molecule has 0 radical (unpaired) electrons. The van der Waals surface area contributed by atoms with Gasteiger partial charge in [-0.1, -0.05) is 19.1 Å². The van der Waals surface area contributed by atoms with Crippen LogP contribution in [0.15, 0.2) is 29.1 Å². The molecule has 0 aliphatic heterocycles. The molecule has 2 aromatic heterocycles. The molecule has 0 unspecified atom stereocenters. The third-order valence-electron chi connectivity index (χ3n) is 2.71. The number of pyridine rings is 1. The molecule has 2 rings (SSSR count). The van der Waals surface area contributed by atoms with E-state index in [0.717, 1.165) is 29.0 Å². The average Bonchev–Trinajstić information content (AvgIpc) is 2.86. The fourth-order valence-corrected chi connectivity index (χ4v) is 2.09. The van der Waals surface area contributed by atoms with E-state index in [1.54, 1.807) is 17.1 Å². The van der Waals surface area contributed by atoms with Crippen molar-refractivity contribution in [2.75, 3.05) is 13.2 Å². The Labute approximate surface area is 133 Å². The molecule has 0 spiro atoms. The smallest absolute Gasteiger partial charge is 0.138 e. The summed E-state index contributed by atoms with van der Waals surface area (Å²) >= 11 is 3.36. The summed E-state index contributed by atoms with van der Waals surface area (Å²) in [5.74, 6) is 1.37. The second kappa shape index (κ2) is 8.09. The predicted octanol–water partition coefficient (Wildman–Crippen LogP) is 2.26. The van der Waals surface area contributed by atoms with Crippen LogP contribution in [0.4, 0.5) is 0 Å². The summed E-state index contributed by atoms with van der Waals surface area (Å²) in [6.45, 7) is 7.26. The molecular formula is C14H20BrN5O. The van der Waals surface area contributed by atoms with E-state index in [1.165, 1.54) is 0 Å². The maximum Gasteiger partial charge on any atom is 0.138 e. The minimum absolute atomic E-state index is 0.528. The van der Waals surface area contributed by atoms with E-state index < -0.39 is 0 Å². The van der Waals surface area contributed by atoms with Gasteiger partial charge in [0.25, 0.3) is 0 Å². The van der Waals surface area contributed by atoms with E-state index in [9.17, 15) is 0 Å². The van der Waals surface area contributed by atoms with Gasteiger partial charge in [0, 0.05) is 23.4 Å². The standard InChI is InChI=1S/C14H20BrN5O/c1-11(2)6-16-8-13-10-20(19-18-13)3-4-21-14-5-12(15)7-17-9-14/h5,7,9-11,16H,3-4,6,8H2,1-2H3. The summed E-state index contributed by atoms with van der Waals surface area (Å²) in [5, 5.41) is 11.6. The van der Waals surface area contributed by atoms with Crippen LogP contribution in [-0.4, -0.2) is 33.1 Å². The first kappa shape index (κ1) is 15.9. The zero-order valence-corrected chi connectivity index (χ0v) is 13.9. The highest BCUT2D eigenvalue weighted by molar-refractivity contribution is 9.10. The van der Waals surface area contributed by atoms with Crippen LogP contribution in [0.25, 0.3) is 0 Å². The van der Waals surface area contributed by atoms with Gasteiger partial charge in [0.15, 0.2) is 0 Å². The lowest BCUT2D eigenvalue weighted by Crippen LogP contribution is -2.19. The van der Waals surface area contributed by atoms with Crippen LogP contribution in [0, 0.1) is 5.92 Å². The zero-order chi connectivity index (χ0) is 15.1. The molecule has 0 atom stereocenters. The predicted molar refractivity (Wildman–Crippen MR) is 84.0 cm³/mol. The van der Waals surface area contributed by atoms with E-state index in [4.69, 9.17) is 4.74 Å². The van der Waals surface area contributed by atoms with Crippen LogP contribution < -0.4 is 10.1 Å². The zero-order valence-electron chi connectivity index (χ0n) is 12.3. The number of hydrogen-bond acceptors (Lipinski definition) is 5. The molecule has 0 aliphatic rings. The van der Waals surface area contributed by atoms with Gasteiger partial charge in [-0.2, -0.15) is 0 Å². The van der Waals surface area contributed by atoms with Gasteiger partial charge in [0.1, 0.15) is 12.4 Å². The summed E-state index contributed by atoms with van der Waals surface area (Å²) in [4.78, 5) is 4.05. The van der Waals surface area contributed by atoms with Crippen LogP contribution in [0.5, 0.6) is 5.75 Å². The Balaban J connectivity index is 1.72. The lowest BCUT2D eigenvalue weighted by Gasteiger charge is -2.05. The molecule has 0 bridgehead atoms. The van der Waals surface area contributed by atoms with Crippen LogP contribution in [0.2, 0.25) is 0 Å². The van der Waals surface area contributed by atoms with Crippen molar-refractivity contribution in [3.8, 4) is 5.75 Å². The SMILES string of the molecule is CC(C)CNCc1cn(CCOc2cncc(Br)c2)nn1. The molecule has 21 heavy (non-hydrogen) atoms. The van der Waals surface area contributed by atoms with Crippen molar-refractivity contribution in [3.63, 3.8) is 0 Å². The lowest BCUT2D eigenvalue weighted by atomic mass is 10.2. The fourth-order valence-electron chi connectivity index (χ4n) is 1.75. The Hall–Kier alpha value is -1.47. The molecule has 0 saturated carbocycles. The van der Waals surface area contributed by atoms with Gasteiger partial charge in [-0.15, -0.1) is 5.10 Å². The molecule has 1 N–H and O–H groups in total. The van der Waals surface area contributed by atoms with Crippen molar-refractivity contribution in [2.24, 2.45) is 5.92 Å². The van der Waals surface area contributed by atoms with E-state index in [2.05, 4.69) is 50.4 Å². The minimum atomic E-state index is 0.528. The molecule has 6 nitrogen and oxygen atoms in total. The number of halogens is 1. The molecule has 2 aromatic rings. The molecule has 7 heteroatoms.